The molecule has 0 radical (unpaired) electrons. The lowest BCUT2D eigenvalue weighted by Gasteiger charge is -2.24. The van der Waals surface area contributed by atoms with Gasteiger partial charge in [0.15, 0.2) is 0 Å². The molecule has 1 aromatic heterocycles. The summed E-state index contributed by atoms with van der Waals surface area (Å²) in [4.78, 5) is 6.84. The molecule has 2 aromatic rings. The lowest BCUT2D eigenvalue weighted by molar-refractivity contribution is 0.172. The van der Waals surface area contributed by atoms with Crippen LogP contribution in [-0.4, -0.2) is 40.2 Å². The summed E-state index contributed by atoms with van der Waals surface area (Å²) in [6.45, 7) is 5.39. The van der Waals surface area contributed by atoms with Crippen LogP contribution < -0.4 is 5.32 Å². The highest BCUT2D eigenvalue weighted by molar-refractivity contribution is 7.09. The first-order chi connectivity index (χ1) is 10.7. The molecule has 0 amide bonds. The van der Waals surface area contributed by atoms with Gasteiger partial charge in [-0.05, 0) is 18.9 Å². The molecule has 3 rings (SSSR count). The van der Waals surface area contributed by atoms with Crippen LogP contribution in [0.2, 0.25) is 0 Å². The molecule has 2 heterocycles. The highest BCUT2D eigenvalue weighted by Crippen LogP contribution is 2.20. The van der Waals surface area contributed by atoms with Crippen molar-refractivity contribution in [3.63, 3.8) is 0 Å². The van der Waals surface area contributed by atoms with Gasteiger partial charge in [0.25, 0.3) is 0 Å². The molecule has 0 saturated carbocycles. The Hall–Kier alpha value is -1.27. The van der Waals surface area contributed by atoms with Crippen LogP contribution in [-0.2, 0) is 13.1 Å². The molecule has 1 aliphatic rings. The van der Waals surface area contributed by atoms with Crippen molar-refractivity contribution in [2.75, 3.05) is 13.1 Å². The first kappa shape index (κ1) is 15.6. The molecule has 0 aliphatic carbocycles. The van der Waals surface area contributed by atoms with Gasteiger partial charge in [-0.15, -0.1) is 11.3 Å². The second-order valence-electron chi connectivity index (χ2n) is 5.97. The van der Waals surface area contributed by atoms with Crippen LogP contribution in [0.3, 0.4) is 0 Å². The maximum atomic E-state index is 9.99. The van der Waals surface area contributed by atoms with Crippen molar-refractivity contribution in [2.24, 2.45) is 0 Å². The second-order valence-corrected chi connectivity index (χ2v) is 6.91. The Morgan fingerprint density at radius 3 is 2.91 bits per heavy atom. The third-order valence-corrected chi connectivity index (χ3v) is 5.02. The summed E-state index contributed by atoms with van der Waals surface area (Å²) >= 11 is 1.70. The minimum absolute atomic E-state index is 0.211. The number of aliphatic hydroxyl groups excluding tert-OH is 1. The summed E-state index contributed by atoms with van der Waals surface area (Å²) in [6.07, 6.45) is 0.633. The van der Waals surface area contributed by atoms with Gasteiger partial charge in [-0.1, -0.05) is 30.3 Å². The number of nitrogens with zero attached hydrogens (tertiary/aromatic N) is 2. The fourth-order valence-electron chi connectivity index (χ4n) is 3.01. The molecule has 5 heteroatoms. The Balaban J connectivity index is 1.52. The van der Waals surface area contributed by atoms with Crippen LogP contribution in [0.4, 0.5) is 0 Å². The van der Waals surface area contributed by atoms with E-state index in [2.05, 4.69) is 44.8 Å². The molecular weight excluding hydrogens is 294 g/mol. The number of thiazole rings is 1. The molecule has 2 N–H and O–H groups in total. The largest absolute Gasteiger partial charge is 0.392 e. The lowest BCUT2D eigenvalue weighted by atomic mass is 10.1. The van der Waals surface area contributed by atoms with Crippen molar-refractivity contribution in [1.29, 1.82) is 0 Å². The van der Waals surface area contributed by atoms with Crippen molar-refractivity contribution >= 4 is 11.3 Å². The number of aromatic nitrogens is 1. The van der Waals surface area contributed by atoms with Gasteiger partial charge >= 0.3 is 0 Å². The molecule has 1 fully saturated rings. The minimum Gasteiger partial charge on any atom is -0.392 e. The fraction of sp³-hybridized carbons (Fsp3) is 0.471. The Kier molecular flexibility index (Phi) is 5.20. The zero-order valence-electron chi connectivity index (χ0n) is 12.9. The third kappa shape index (κ3) is 4.14. The molecule has 1 aromatic carbocycles. The number of rotatable bonds is 6. The molecule has 2 atom stereocenters. The van der Waals surface area contributed by atoms with Gasteiger partial charge in [-0.25, -0.2) is 4.98 Å². The molecule has 1 aliphatic heterocycles. The Morgan fingerprint density at radius 2 is 2.18 bits per heavy atom. The van der Waals surface area contributed by atoms with E-state index in [0.717, 1.165) is 43.3 Å². The van der Waals surface area contributed by atoms with E-state index in [4.69, 9.17) is 0 Å². The zero-order chi connectivity index (χ0) is 15.4. The zero-order valence-corrected chi connectivity index (χ0v) is 13.7. The number of likely N-dealkylation sites (tertiary alicyclic amines) is 1. The van der Waals surface area contributed by atoms with E-state index in [9.17, 15) is 5.11 Å². The van der Waals surface area contributed by atoms with E-state index in [1.165, 1.54) is 5.56 Å². The van der Waals surface area contributed by atoms with Gasteiger partial charge < -0.3 is 10.4 Å². The summed E-state index contributed by atoms with van der Waals surface area (Å²) in [5, 5.41) is 16.7. The van der Waals surface area contributed by atoms with Crippen molar-refractivity contribution < 1.29 is 5.11 Å². The van der Waals surface area contributed by atoms with Crippen molar-refractivity contribution in [2.45, 2.75) is 38.6 Å². The number of β-amino-alcohol motifs (C(OH)–C–C–N with tert-alkyl or cyclic N) is 1. The maximum absolute atomic E-state index is 9.99. The first-order valence-corrected chi connectivity index (χ1v) is 8.66. The number of nitrogens with one attached hydrogen (secondary N) is 1. The molecule has 0 bridgehead atoms. The highest BCUT2D eigenvalue weighted by Gasteiger charge is 2.30. The number of hydrogen-bond acceptors (Lipinski definition) is 5. The average Bonchev–Trinajstić information content (AvgIpc) is 3.06. The van der Waals surface area contributed by atoms with Gasteiger partial charge in [0.2, 0.25) is 0 Å². The molecule has 2 unspecified atom stereocenters. The average molecular weight is 317 g/mol. The lowest BCUT2D eigenvalue weighted by Crippen LogP contribution is -2.37. The second kappa shape index (κ2) is 7.33. The summed E-state index contributed by atoms with van der Waals surface area (Å²) in [5.41, 5.74) is 2.39. The van der Waals surface area contributed by atoms with E-state index in [-0.39, 0.29) is 6.10 Å². The maximum Gasteiger partial charge on any atom is 0.107 e. The predicted molar refractivity (Wildman–Crippen MR) is 89.8 cm³/mol. The van der Waals surface area contributed by atoms with Crippen LogP contribution >= 0.6 is 11.3 Å². The topological polar surface area (TPSA) is 48.4 Å². The van der Waals surface area contributed by atoms with E-state index in [0.29, 0.717) is 6.04 Å². The van der Waals surface area contributed by atoms with Crippen molar-refractivity contribution in [1.82, 2.24) is 15.2 Å². The highest BCUT2D eigenvalue weighted by atomic mass is 32.1. The smallest absolute Gasteiger partial charge is 0.107 e. The molecular formula is C17H23N3OS. The molecule has 118 valence electrons. The van der Waals surface area contributed by atoms with Crippen molar-refractivity contribution in [3.05, 3.63) is 52.0 Å². The monoisotopic (exact) mass is 317 g/mol. The number of hydrogen-bond donors (Lipinski definition) is 2. The Morgan fingerprint density at radius 1 is 1.36 bits per heavy atom. The van der Waals surface area contributed by atoms with E-state index in [1.54, 1.807) is 11.3 Å². The Labute approximate surface area is 135 Å². The molecule has 1 saturated heterocycles. The van der Waals surface area contributed by atoms with Crippen LogP contribution in [0.15, 0.2) is 35.7 Å². The molecule has 22 heavy (non-hydrogen) atoms. The van der Waals surface area contributed by atoms with Gasteiger partial charge in [-0.2, -0.15) is 0 Å². The Bertz CT molecular complexity index is 587. The normalized spacial score (nSPS) is 22.3. The van der Waals surface area contributed by atoms with Crippen LogP contribution in [0, 0.1) is 6.92 Å². The van der Waals surface area contributed by atoms with Crippen LogP contribution in [0.5, 0.6) is 0 Å². The fourth-order valence-corrected chi connectivity index (χ4v) is 3.75. The minimum atomic E-state index is -0.211. The van der Waals surface area contributed by atoms with Crippen LogP contribution in [0.1, 0.15) is 22.7 Å². The van der Waals surface area contributed by atoms with Gasteiger partial charge in [0.05, 0.1) is 6.10 Å². The van der Waals surface area contributed by atoms with E-state index in [1.807, 2.05) is 13.0 Å². The van der Waals surface area contributed by atoms with Gasteiger partial charge in [0.1, 0.15) is 5.01 Å². The summed E-state index contributed by atoms with van der Waals surface area (Å²) in [7, 11) is 0. The number of aryl methyl sites for hydroxylation is 1. The molecule has 0 spiro atoms. The van der Waals surface area contributed by atoms with Crippen LogP contribution in [0.25, 0.3) is 0 Å². The van der Waals surface area contributed by atoms with E-state index >= 15 is 0 Å². The molecule has 4 nitrogen and oxygen atoms in total. The standard InChI is InChI=1S/C17H23N3OS/c1-13-12-22-17(19-13)9-18-8-15-7-16(21)11-20(15)10-14-5-3-2-4-6-14/h2-6,12,15-16,18,21H,7-11H2,1H3. The predicted octanol–water partition coefficient (Wildman–Crippen LogP) is 2.18. The third-order valence-electron chi connectivity index (χ3n) is 4.06. The van der Waals surface area contributed by atoms with Crippen molar-refractivity contribution in [3.8, 4) is 0 Å². The quantitative estimate of drug-likeness (QED) is 0.857. The number of aliphatic hydroxyl groups is 1. The van der Waals surface area contributed by atoms with Gasteiger partial charge in [-0.3, -0.25) is 4.90 Å². The summed E-state index contributed by atoms with van der Waals surface area (Å²) < 4.78 is 0. The summed E-state index contributed by atoms with van der Waals surface area (Å²) in [5.74, 6) is 0. The SMILES string of the molecule is Cc1csc(CNCC2CC(O)CN2Cc2ccccc2)n1. The van der Waals surface area contributed by atoms with Gasteiger partial charge in [0, 0.05) is 43.3 Å². The summed E-state index contributed by atoms with van der Waals surface area (Å²) in [6, 6.07) is 10.9. The first-order valence-electron chi connectivity index (χ1n) is 7.78. The van der Waals surface area contributed by atoms with E-state index < -0.39 is 0 Å². The number of benzene rings is 1.